The average molecular weight is 893 g/mol. The number of ether oxygens (including phenoxy) is 4. The largest absolute Gasteiger partial charge is 0.496 e. The van der Waals surface area contributed by atoms with Crippen LogP contribution < -0.4 is 34.0 Å². The van der Waals surface area contributed by atoms with Gasteiger partial charge in [-0.3, -0.25) is 9.89 Å². The Morgan fingerprint density at radius 1 is 0.635 bits per heavy atom. The Labute approximate surface area is 375 Å². The van der Waals surface area contributed by atoms with Gasteiger partial charge < -0.3 is 28.7 Å². The van der Waals surface area contributed by atoms with Crippen LogP contribution >= 0.6 is 22.7 Å². The van der Waals surface area contributed by atoms with E-state index in [1.165, 1.54) is 16.3 Å². The van der Waals surface area contributed by atoms with Crippen molar-refractivity contribution in [2.75, 3.05) is 66.4 Å². The number of aromatic amines is 1. The van der Waals surface area contributed by atoms with Gasteiger partial charge >= 0.3 is 0 Å². The van der Waals surface area contributed by atoms with Gasteiger partial charge in [0.1, 0.15) is 34.1 Å². The van der Waals surface area contributed by atoms with Crippen molar-refractivity contribution in [3.8, 4) is 45.8 Å². The van der Waals surface area contributed by atoms with Crippen molar-refractivity contribution in [2.45, 2.75) is 52.4 Å². The van der Waals surface area contributed by atoms with E-state index in [-0.39, 0.29) is 10.8 Å². The minimum atomic E-state index is -0.170. The molecule has 0 atom stereocenters. The first-order valence-electron chi connectivity index (χ1n) is 20.1. The van der Waals surface area contributed by atoms with Crippen LogP contribution in [0.1, 0.15) is 67.5 Å². The van der Waals surface area contributed by atoms with Gasteiger partial charge in [-0.15, -0.1) is 43.1 Å². The number of thiophene rings is 2. The summed E-state index contributed by atoms with van der Waals surface area (Å²) in [6.07, 6.45) is 3.02. The second kappa shape index (κ2) is 18.9. The summed E-state index contributed by atoms with van der Waals surface area (Å²) >= 11 is 3.23. The lowest BCUT2D eigenvalue weighted by molar-refractivity contribution is 0.112. The summed E-state index contributed by atoms with van der Waals surface area (Å²) < 4.78 is 25.8. The van der Waals surface area contributed by atoms with E-state index in [0.29, 0.717) is 40.3 Å². The normalized spacial score (nSPS) is 11.8. The van der Waals surface area contributed by atoms with Crippen LogP contribution in [0.15, 0.2) is 66.7 Å². The molecule has 0 saturated heterocycles. The molecule has 6 aromatic heterocycles. The number of nitrogens with one attached hydrogen (secondary N) is 1. The van der Waals surface area contributed by atoms with Crippen LogP contribution in [0.25, 0.3) is 40.1 Å². The molecule has 0 fully saturated rings. The van der Waals surface area contributed by atoms with E-state index in [9.17, 15) is 4.79 Å². The molecule has 6 heterocycles. The molecule has 0 amide bonds. The quantitative estimate of drug-likeness (QED) is 0.131. The van der Waals surface area contributed by atoms with Crippen LogP contribution in [0, 0.1) is 0 Å². The predicted octanol–water partition coefficient (Wildman–Crippen LogP) is 8.45. The summed E-state index contributed by atoms with van der Waals surface area (Å²) in [6.45, 7) is 12.9. The number of H-pyrrole nitrogens is 1. The van der Waals surface area contributed by atoms with Crippen molar-refractivity contribution < 1.29 is 23.7 Å². The highest BCUT2D eigenvalue weighted by molar-refractivity contribution is 7.17. The fourth-order valence-electron chi connectivity index (χ4n) is 6.56. The Kier molecular flexibility index (Phi) is 13.8. The SMILES string of the molecule is CN(C)c1ccc(C=O)s1.COc1cccc(OC)c1-c1nnc2/c(=C\c3ccc(N(C)C)s3)c(C(C)(C)C)nn12.COc1cccc(OC)c1-c1nnc2cc(C(C)(C)C)[nH]n12. The highest BCUT2D eigenvalue weighted by Crippen LogP contribution is 2.39. The Balaban J connectivity index is 0.000000178. The number of methoxy groups -OCH3 is 4. The van der Waals surface area contributed by atoms with Crippen LogP contribution in [0.5, 0.6) is 23.0 Å². The number of carbonyl (C=O) groups is 1. The number of aldehydes is 1. The molecule has 0 bridgehead atoms. The lowest BCUT2D eigenvalue weighted by Crippen LogP contribution is -2.22. The molecular formula is C46H56N10O5S2. The zero-order valence-corrected chi connectivity index (χ0v) is 40.0. The third-order valence-electron chi connectivity index (χ3n) is 9.86. The smallest absolute Gasteiger partial charge is 0.192 e. The molecular weight excluding hydrogens is 837 g/mol. The van der Waals surface area contributed by atoms with Crippen LogP contribution in [0.2, 0.25) is 0 Å². The number of fused-ring (bicyclic) bond motifs is 2. The van der Waals surface area contributed by atoms with Gasteiger partial charge in [-0.05, 0) is 54.6 Å². The molecule has 0 spiro atoms. The van der Waals surface area contributed by atoms with Crippen molar-refractivity contribution >= 4 is 56.3 Å². The first-order valence-corrected chi connectivity index (χ1v) is 21.7. The van der Waals surface area contributed by atoms with Crippen molar-refractivity contribution in [1.29, 1.82) is 0 Å². The molecule has 0 aliphatic carbocycles. The first kappa shape index (κ1) is 46.1. The van der Waals surface area contributed by atoms with Crippen molar-refractivity contribution in [3.63, 3.8) is 0 Å². The minimum absolute atomic E-state index is 0.00281. The van der Waals surface area contributed by atoms with Crippen LogP contribution in [0.3, 0.4) is 0 Å². The summed E-state index contributed by atoms with van der Waals surface area (Å²) in [5.74, 6) is 3.97. The number of benzene rings is 2. The predicted molar refractivity (Wildman–Crippen MR) is 254 cm³/mol. The number of hydrogen-bond acceptors (Lipinski definition) is 14. The molecule has 63 heavy (non-hydrogen) atoms. The Morgan fingerprint density at radius 2 is 1.13 bits per heavy atom. The molecule has 15 nitrogen and oxygen atoms in total. The van der Waals surface area contributed by atoms with Crippen molar-refractivity contribution in [2.24, 2.45) is 0 Å². The van der Waals surface area contributed by atoms with Crippen LogP contribution in [-0.2, 0) is 10.8 Å². The minimum Gasteiger partial charge on any atom is -0.496 e. The molecule has 332 valence electrons. The number of anilines is 2. The number of hydrogen-bond donors (Lipinski definition) is 1. The van der Waals surface area contributed by atoms with Gasteiger partial charge in [0.15, 0.2) is 29.2 Å². The fourth-order valence-corrected chi connectivity index (χ4v) is 8.18. The highest BCUT2D eigenvalue weighted by Gasteiger charge is 2.27. The first-order chi connectivity index (χ1) is 29.9. The fraction of sp³-hybridized carbons (Fsp3) is 0.348. The topological polar surface area (TPSA) is 150 Å². The van der Waals surface area contributed by atoms with Gasteiger partial charge in [0.2, 0.25) is 0 Å². The summed E-state index contributed by atoms with van der Waals surface area (Å²) in [4.78, 5) is 16.2. The molecule has 0 aliphatic rings. The van der Waals surface area contributed by atoms with E-state index < -0.39 is 0 Å². The standard InChI is InChI=1S/C23H27N5O2S.C16H20N4O2.C7H9NOS/c1-23(2,3)20-15(13-14-11-12-18(31-14)27(4)5)21-24-25-22(28(21)26-20)19-16(29-6)9-8-10-17(19)30-7;1-16(2,3)12-9-13-17-18-15(20(13)19-12)14-10(21-4)7-6-8-11(14)22-5;1-8(2)7-4-3-6(5-9)10-7/h8-13H,1-7H3;6-9,19H,1-5H3;3-5H,1-2H3/b15-13-;;. The zero-order valence-electron chi connectivity index (χ0n) is 38.4. The van der Waals surface area contributed by atoms with E-state index in [1.807, 2.05) is 92.2 Å². The molecule has 0 unspecified atom stereocenters. The van der Waals surface area contributed by atoms with Crippen molar-refractivity contribution in [3.05, 3.63) is 93.1 Å². The van der Waals surface area contributed by atoms with E-state index in [2.05, 4.69) is 90.1 Å². The second-order valence-corrected chi connectivity index (χ2v) is 19.1. The lowest BCUT2D eigenvalue weighted by atomic mass is 9.91. The number of aromatic nitrogens is 8. The van der Waals surface area contributed by atoms with Crippen molar-refractivity contribution in [1.82, 2.24) is 39.6 Å². The van der Waals surface area contributed by atoms with Gasteiger partial charge in [-0.2, -0.15) is 9.61 Å². The third kappa shape index (κ3) is 9.79. The second-order valence-electron chi connectivity index (χ2n) is 16.9. The molecule has 0 aliphatic heterocycles. The van der Waals surface area contributed by atoms with Crippen LogP contribution in [0.4, 0.5) is 10.0 Å². The van der Waals surface area contributed by atoms with Gasteiger partial charge in [0.25, 0.3) is 0 Å². The molecule has 17 heteroatoms. The summed E-state index contributed by atoms with van der Waals surface area (Å²) in [5.41, 5.74) is 4.89. The molecule has 0 radical (unpaired) electrons. The van der Waals surface area contributed by atoms with Crippen LogP contribution in [-0.4, -0.2) is 103 Å². The summed E-state index contributed by atoms with van der Waals surface area (Å²) in [6, 6.07) is 21.3. The summed E-state index contributed by atoms with van der Waals surface area (Å²) in [7, 11) is 14.5. The average Bonchev–Trinajstić information content (AvgIpc) is 4.11. The van der Waals surface area contributed by atoms with E-state index in [4.69, 9.17) is 24.0 Å². The maximum Gasteiger partial charge on any atom is 0.192 e. The lowest BCUT2D eigenvalue weighted by Gasteiger charge is -2.15. The zero-order chi connectivity index (χ0) is 45.8. The molecule has 1 N–H and O–H groups in total. The molecule has 8 aromatic rings. The van der Waals surface area contributed by atoms with Gasteiger partial charge in [-0.25, -0.2) is 4.52 Å². The van der Waals surface area contributed by atoms with Gasteiger partial charge in [-0.1, -0.05) is 53.7 Å². The van der Waals surface area contributed by atoms with E-state index >= 15 is 0 Å². The van der Waals surface area contributed by atoms with E-state index in [0.717, 1.165) is 54.4 Å². The number of nitrogens with zero attached hydrogens (tertiary/aromatic N) is 9. The Hall–Kier alpha value is -6.46. The van der Waals surface area contributed by atoms with E-state index in [1.54, 1.807) is 44.3 Å². The molecule has 2 aromatic carbocycles. The molecule has 8 rings (SSSR count). The monoisotopic (exact) mass is 892 g/mol. The maximum absolute atomic E-state index is 10.2. The Morgan fingerprint density at radius 3 is 1.57 bits per heavy atom. The maximum atomic E-state index is 10.2. The van der Waals surface area contributed by atoms with Gasteiger partial charge in [0.05, 0.1) is 49.0 Å². The number of rotatable bonds is 10. The highest BCUT2D eigenvalue weighted by atomic mass is 32.1. The number of carbonyl (C=O) groups excluding carboxylic acids is 1. The Bertz CT molecular complexity index is 2830. The third-order valence-corrected chi connectivity index (χ3v) is 12.2. The van der Waals surface area contributed by atoms with Gasteiger partial charge in [0, 0.05) is 60.9 Å². The summed E-state index contributed by atoms with van der Waals surface area (Å²) in [5, 5.41) is 29.1. The molecule has 0 saturated carbocycles.